The quantitative estimate of drug-likeness (QED) is 0.642. The van der Waals surface area contributed by atoms with Gasteiger partial charge in [0.25, 0.3) is 5.88 Å². The molecule has 28 heavy (non-hydrogen) atoms. The molecule has 0 unspecified atom stereocenters. The van der Waals surface area contributed by atoms with Crippen LogP contribution >= 0.6 is 0 Å². The Bertz CT molecular complexity index is 1070. The second kappa shape index (κ2) is 8.09. The first-order chi connectivity index (χ1) is 13.4. The van der Waals surface area contributed by atoms with Crippen molar-refractivity contribution in [1.29, 1.82) is 0 Å². The maximum absolute atomic E-state index is 11.9. The van der Waals surface area contributed by atoms with Crippen LogP contribution in [0.5, 0.6) is 23.1 Å². The molecule has 0 aliphatic carbocycles. The molecule has 3 rings (SSSR count). The van der Waals surface area contributed by atoms with Crippen molar-refractivity contribution in [1.82, 2.24) is 15.0 Å². The van der Waals surface area contributed by atoms with Crippen molar-refractivity contribution < 1.29 is 22.6 Å². The highest BCUT2D eigenvalue weighted by Gasteiger charge is 2.22. The average molecular weight is 402 g/mol. The van der Waals surface area contributed by atoms with E-state index in [0.717, 1.165) is 6.26 Å². The molecule has 2 aromatic heterocycles. The molecule has 0 spiro atoms. The summed E-state index contributed by atoms with van der Waals surface area (Å²) in [5.74, 6) is 1.05. The minimum atomic E-state index is -3.65. The lowest BCUT2D eigenvalue weighted by molar-refractivity contribution is 0.348. The maximum Gasteiger partial charge on any atom is 0.263 e. The van der Waals surface area contributed by atoms with Crippen LogP contribution in [0.25, 0.3) is 11.4 Å². The van der Waals surface area contributed by atoms with E-state index in [1.807, 2.05) is 0 Å². The van der Waals surface area contributed by atoms with Gasteiger partial charge in [0.1, 0.15) is 0 Å². The summed E-state index contributed by atoms with van der Waals surface area (Å²) in [5, 5.41) is 0. The fourth-order valence-corrected chi connectivity index (χ4v) is 2.84. The number of ether oxygens (including phenoxy) is 3. The van der Waals surface area contributed by atoms with E-state index in [1.54, 1.807) is 48.8 Å². The zero-order valence-electron chi connectivity index (χ0n) is 15.4. The highest BCUT2D eigenvalue weighted by atomic mass is 32.2. The molecule has 0 amide bonds. The van der Waals surface area contributed by atoms with E-state index < -0.39 is 10.0 Å². The zero-order valence-corrected chi connectivity index (χ0v) is 16.2. The second-order valence-corrected chi connectivity index (χ2v) is 7.35. The van der Waals surface area contributed by atoms with Crippen molar-refractivity contribution in [3.8, 4) is 34.5 Å². The molecule has 2 heterocycles. The lowest BCUT2D eigenvalue weighted by Gasteiger charge is -2.16. The number of nitrogens with zero attached hydrogens (tertiary/aromatic N) is 3. The van der Waals surface area contributed by atoms with Crippen LogP contribution in [0.2, 0.25) is 0 Å². The first-order valence-corrected chi connectivity index (χ1v) is 9.95. The van der Waals surface area contributed by atoms with Gasteiger partial charge in [-0.2, -0.15) is 4.98 Å². The monoisotopic (exact) mass is 402 g/mol. The number of benzene rings is 1. The Morgan fingerprint density at radius 3 is 2.21 bits per heavy atom. The number of rotatable bonds is 7. The number of aromatic nitrogens is 3. The van der Waals surface area contributed by atoms with Gasteiger partial charge in [-0.15, -0.1) is 0 Å². The van der Waals surface area contributed by atoms with E-state index >= 15 is 0 Å². The molecule has 0 fully saturated rings. The number of hydrogen-bond acceptors (Lipinski definition) is 8. The Kier molecular flexibility index (Phi) is 5.59. The van der Waals surface area contributed by atoms with Gasteiger partial charge in [0.05, 0.1) is 20.5 Å². The largest absolute Gasteiger partial charge is 0.493 e. The van der Waals surface area contributed by atoms with Crippen molar-refractivity contribution in [3.05, 3.63) is 48.8 Å². The number of para-hydroxylation sites is 2. The first-order valence-electron chi connectivity index (χ1n) is 8.06. The van der Waals surface area contributed by atoms with Crippen LogP contribution in [0.3, 0.4) is 0 Å². The summed E-state index contributed by atoms with van der Waals surface area (Å²) in [6.45, 7) is 0. The molecular formula is C18H18N4O5S. The van der Waals surface area contributed by atoms with Gasteiger partial charge in [-0.1, -0.05) is 12.1 Å². The van der Waals surface area contributed by atoms with Gasteiger partial charge in [-0.3, -0.25) is 9.71 Å². The summed E-state index contributed by atoms with van der Waals surface area (Å²) in [4.78, 5) is 12.6. The van der Waals surface area contributed by atoms with Gasteiger partial charge < -0.3 is 14.2 Å². The van der Waals surface area contributed by atoms with Crippen LogP contribution in [-0.4, -0.2) is 43.8 Å². The lowest BCUT2D eigenvalue weighted by atomic mass is 10.2. The van der Waals surface area contributed by atoms with Crippen LogP contribution in [0.1, 0.15) is 0 Å². The fraction of sp³-hybridized carbons (Fsp3) is 0.167. The molecule has 1 N–H and O–H groups in total. The molecule has 0 aliphatic heterocycles. The lowest BCUT2D eigenvalue weighted by Crippen LogP contribution is -2.13. The topological polar surface area (TPSA) is 113 Å². The summed E-state index contributed by atoms with van der Waals surface area (Å²) >= 11 is 0. The van der Waals surface area contributed by atoms with Gasteiger partial charge in [0.15, 0.2) is 23.1 Å². The van der Waals surface area contributed by atoms with Crippen molar-refractivity contribution in [3.63, 3.8) is 0 Å². The minimum absolute atomic E-state index is 0.00947. The summed E-state index contributed by atoms with van der Waals surface area (Å²) in [5.41, 5.74) is 0.633. The third kappa shape index (κ3) is 4.46. The molecule has 0 atom stereocenters. The van der Waals surface area contributed by atoms with E-state index in [0.29, 0.717) is 17.1 Å². The molecule has 10 heteroatoms. The molecule has 1 aromatic carbocycles. The van der Waals surface area contributed by atoms with E-state index in [9.17, 15) is 8.42 Å². The molecule has 3 aromatic rings. The Hall–Kier alpha value is -3.40. The van der Waals surface area contributed by atoms with Crippen LogP contribution < -0.4 is 18.9 Å². The molecule has 0 saturated heterocycles. The number of methoxy groups -OCH3 is 2. The number of pyridine rings is 1. The van der Waals surface area contributed by atoms with Gasteiger partial charge in [0.2, 0.25) is 15.8 Å². The molecule has 146 valence electrons. The van der Waals surface area contributed by atoms with Gasteiger partial charge in [0, 0.05) is 18.0 Å². The molecule has 0 radical (unpaired) electrons. The fourth-order valence-electron chi connectivity index (χ4n) is 2.35. The van der Waals surface area contributed by atoms with Crippen molar-refractivity contribution >= 4 is 15.8 Å². The Labute approximate surface area is 162 Å². The predicted molar refractivity (Wildman–Crippen MR) is 103 cm³/mol. The summed E-state index contributed by atoms with van der Waals surface area (Å²) in [7, 11) is -0.752. The number of anilines is 1. The number of nitrogens with one attached hydrogen (secondary N) is 1. The Morgan fingerprint density at radius 1 is 0.929 bits per heavy atom. The smallest absolute Gasteiger partial charge is 0.263 e. The number of sulfonamides is 1. The third-order valence-electron chi connectivity index (χ3n) is 3.53. The first kappa shape index (κ1) is 19.4. The summed E-state index contributed by atoms with van der Waals surface area (Å²) < 4.78 is 42.6. The van der Waals surface area contributed by atoms with Crippen molar-refractivity contribution in [2.24, 2.45) is 0 Å². The maximum atomic E-state index is 11.9. The van der Waals surface area contributed by atoms with Crippen molar-refractivity contribution in [2.45, 2.75) is 0 Å². The van der Waals surface area contributed by atoms with E-state index in [-0.39, 0.29) is 23.3 Å². The normalized spacial score (nSPS) is 11.0. The van der Waals surface area contributed by atoms with E-state index in [1.165, 1.54) is 14.2 Å². The van der Waals surface area contributed by atoms with Crippen LogP contribution in [0.4, 0.5) is 5.82 Å². The highest BCUT2D eigenvalue weighted by molar-refractivity contribution is 7.92. The SMILES string of the molecule is COc1ccccc1Oc1c(NS(C)(=O)=O)nc(-c2ccncc2)nc1OC. The standard InChI is InChI=1S/C18H18N4O5S/c1-25-13-6-4-5-7-14(13)27-15-17(22-28(3,23)24)20-16(21-18(15)26-2)12-8-10-19-11-9-12/h4-11H,1-3H3,(H,20,21,22). The third-order valence-corrected chi connectivity index (χ3v) is 4.09. The van der Waals surface area contributed by atoms with Gasteiger partial charge in [-0.05, 0) is 24.3 Å². The van der Waals surface area contributed by atoms with Crippen molar-refractivity contribution in [2.75, 3.05) is 25.2 Å². The van der Waals surface area contributed by atoms with E-state index in [4.69, 9.17) is 14.2 Å². The molecule has 9 nitrogen and oxygen atoms in total. The highest BCUT2D eigenvalue weighted by Crippen LogP contribution is 2.40. The summed E-state index contributed by atoms with van der Waals surface area (Å²) in [6.07, 6.45) is 4.17. The number of hydrogen-bond donors (Lipinski definition) is 1. The average Bonchev–Trinajstić information content (AvgIpc) is 2.69. The molecule has 0 saturated carbocycles. The molecular weight excluding hydrogens is 384 g/mol. The predicted octanol–water partition coefficient (Wildman–Crippen LogP) is 2.72. The zero-order chi connectivity index (χ0) is 20.1. The van der Waals surface area contributed by atoms with Crippen LogP contribution in [0, 0.1) is 0 Å². The minimum Gasteiger partial charge on any atom is -0.493 e. The molecule has 0 bridgehead atoms. The van der Waals surface area contributed by atoms with Gasteiger partial charge in [-0.25, -0.2) is 13.4 Å². The van der Waals surface area contributed by atoms with Crippen LogP contribution in [-0.2, 0) is 10.0 Å². The van der Waals surface area contributed by atoms with Gasteiger partial charge >= 0.3 is 0 Å². The summed E-state index contributed by atoms with van der Waals surface area (Å²) in [6, 6.07) is 10.3. The Balaban J connectivity index is 2.16. The Morgan fingerprint density at radius 2 is 1.61 bits per heavy atom. The molecule has 0 aliphatic rings. The van der Waals surface area contributed by atoms with E-state index in [2.05, 4.69) is 19.7 Å². The van der Waals surface area contributed by atoms with Crippen LogP contribution in [0.15, 0.2) is 48.8 Å². The second-order valence-electron chi connectivity index (χ2n) is 5.60.